The Morgan fingerprint density at radius 2 is 2.05 bits per heavy atom. The van der Waals surface area contributed by atoms with E-state index in [9.17, 15) is 4.79 Å². The van der Waals surface area contributed by atoms with Gasteiger partial charge >= 0.3 is 0 Å². The lowest BCUT2D eigenvalue weighted by molar-refractivity contribution is -0.134. The molecule has 1 saturated carbocycles. The first-order valence-corrected chi connectivity index (χ1v) is 8.36. The summed E-state index contributed by atoms with van der Waals surface area (Å²) in [6.07, 6.45) is 4.09. The SMILES string of the molecule is Cc1ccc(C2OCCCC2C(=O)NCC(N)C2CC2)cc1. The first kappa shape index (κ1) is 15.5. The summed E-state index contributed by atoms with van der Waals surface area (Å²) >= 11 is 0. The van der Waals surface area contributed by atoms with Gasteiger partial charge in [-0.05, 0) is 44.1 Å². The fourth-order valence-electron chi connectivity index (χ4n) is 3.17. The highest BCUT2D eigenvalue weighted by Gasteiger charge is 2.34. The number of ether oxygens (including phenoxy) is 1. The molecule has 1 aromatic carbocycles. The number of hydrogen-bond acceptors (Lipinski definition) is 3. The predicted molar refractivity (Wildman–Crippen MR) is 86.3 cm³/mol. The molecule has 3 rings (SSSR count). The number of nitrogens with one attached hydrogen (secondary N) is 1. The average molecular weight is 302 g/mol. The first-order chi connectivity index (χ1) is 10.6. The maximum atomic E-state index is 12.5. The zero-order chi connectivity index (χ0) is 15.5. The molecule has 3 atom stereocenters. The highest BCUT2D eigenvalue weighted by atomic mass is 16.5. The fourth-order valence-corrected chi connectivity index (χ4v) is 3.17. The van der Waals surface area contributed by atoms with E-state index in [4.69, 9.17) is 10.5 Å². The van der Waals surface area contributed by atoms with Crippen molar-refractivity contribution >= 4 is 5.91 Å². The van der Waals surface area contributed by atoms with Crippen molar-refractivity contribution in [3.05, 3.63) is 35.4 Å². The van der Waals surface area contributed by atoms with E-state index in [1.54, 1.807) is 0 Å². The van der Waals surface area contributed by atoms with Gasteiger partial charge in [-0.15, -0.1) is 0 Å². The van der Waals surface area contributed by atoms with E-state index in [2.05, 4.69) is 36.5 Å². The van der Waals surface area contributed by atoms with Crippen molar-refractivity contribution < 1.29 is 9.53 Å². The number of rotatable bonds is 5. The number of amides is 1. The summed E-state index contributed by atoms with van der Waals surface area (Å²) in [4.78, 5) is 12.5. The highest BCUT2D eigenvalue weighted by Crippen LogP contribution is 2.34. The van der Waals surface area contributed by atoms with Crippen molar-refractivity contribution in [3.63, 3.8) is 0 Å². The van der Waals surface area contributed by atoms with Gasteiger partial charge in [0, 0.05) is 19.2 Å². The molecule has 4 nitrogen and oxygen atoms in total. The highest BCUT2D eigenvalue weighted by molar-refractivity contribution is 5.79. The lowest BCUT2D eigenvalue weighted by atomic mass is 9.88. The molecule has 0 aromatic heterocycles. The lowest BCUT2D eigenvalue weighted by Gasteiger charge is -2.31. The third-order valence-electron chi connectivity index (χ3n) is 4.80. The van der Waals surface area contributed by atoms with Crippen molar-refractivity contribution in [1.82, 2.24) is 5.32 Å². The van der Waals surface area contributed by atoms with Crippen LogP contribution < -0.4 is 11.1 Å². The Hall–Kier alpha value is -1.39. The van der Waals surface area contributed by atoms with Crippen molar-refractivity contribution in [1.29, 1.82) is 0 Å². The third kappa shape index (κ3) is 3.68. The van der Waals surface area contributed by atoms with Gasteiger partial charge in [-0.1, -0.05) is 29.8 Å². The molecule has 3 N–H and O–H groups in total. The summed E-state index contributed by atoms with van der Waals surface area (Å²) in [6.45, 7) is 3.37. The minimum Gasteiger partial charge on any atom is -0.373 e. The fraction of sp³-hybridized carbons (Fsp3) is 0.611. The molecule has 2 aliphatic rings. The maximum absolute atomic E-state index is 12.5. The molecule has 0 spiro atoms. The minimum atomic E-state index is -0.133. The van der Waals surface area contributed by atoms with Gasteiger partial charge in [-0.2, -0.15) is 0 Å². The van der Waals surface area contributed by atoms with Crippen LogP contribution in [0.15, 0.2) is 24.3 Å². The van der Waals surface area contributed by atoms with Gasteiger partial charge in [0.2, 0.25) is 5.91 Å². The van der Waals surface area contributed by atoms with E-state index >= 15 is 0 Å². The normalized spacial score (nSPS) is 26.5. The second kappa shape index (κ2) is 6.80. The molecule has 0 radical (unpaired) electrons. The molecule has 0 bridgehead atoms. The molecule has 22 heavy (non-hydrogen) atoms. The summed E-state index contributed by atoms with van der Waals surface area (Å²) < 4.78 is 5.91. The molecule has 120 valence electrons. The van der Waals surface area contributed by atoms with Crippen LogP contribution >= 0.6 is 0 Å². The number of hydrogen-bond donors (Lipinski definition) is 2. The zero-order valence-corrected chi connectivity index (χ0v) is 13.3. The minimum absolute atomic E-state index is 0.0846. The van der Waals surface area contributed by atoms with Crippen LogP contribution in [0.25, 0.3) is 0 Å². The van der Waals surface area contributed by atoms with Crippen molar-refractivity contribution in [2.45, 2.75) is 44.8 Å². The van der Waals surface area contributed by atoms with Crippen LogP contribution in [0.5, 0.6) is 0 Å². The summed E-state index contributed by atoms with van der Waals surface area (Å²) in [5, 5.41) is 3.04. The summed E-state index contributed by atoms with van der Waals surface area (Å²) in [6, 6.07) is 8.39. The van der Waals surface area contributed by atoms with Crippen molar-refractivity contribution in [2.75, 3.05) is 13.2 Å². The summed E-state index contributed by atoms with van der Waals surface area (Å²) in [7, 11) is 0. The third-order valence-corrected chi connectivity index (χ3v) is 4.80. The molecule has 1 amide bonds. The zero-order valence-electron chi connectivity index (χ0n) is 13.3. The Kier molecular flexibility index (Phi) is 4.79. The number of carbonyl (C=O) groups excluding carboxylic acids is 1. The number of carbonyl (C=O) groups is 1. The molecule has 1 aliphatic heterocycles. The monoisotopic (exact) mass is 302 g/mol. The van der Waals surface area contributed by atoms with Gasteiger partial charge in [0.25, 0.3) is 0 Å². The van der Waals surface area contributed by atoms with Gasteiger partial charge in [0.15, 0.2) is 0 Å². The first-order valence-electron chi connectivity index (χ1n) is 8.36. The van der Waals surface area contributed by atoms with E-state index in [0.717, 1.165) is 25.0 Å². The second-order valence-corrected chi connectivity index (χ2v) is 6.70. The van der Waals surface area contributed by atoms with Crippen LogP contribution in [0.2, 0.25) is 0 Å². The van der Waals surface area contributed by atoms with Gasteiger partial charge in [0.1, 0.15) is 0 Å². The van der Waals surface area contributed by atoms with Gasteiger partial charge in [-0.25, -0.2) is 0 Å². The van der Waals surface area contributed by atoms with Gasteiger partial charge < -0.3 is 15.8 Å². The Balaban J connectivity index is 1.63. The largest absolute Gasteiger partial charge is 0.373 e. The van der Waals surface area contributed by atoms with Crippen molar-refractivity contribution in [2.24, 2.45) is 17.6 Å². The second-order valence-electron chi connectivity index (χ2n) is 6.70. The Labute approximate surface area is 132 Å². The van der Waals surface area contributed by atoms with Crippen LogP contribution in [0.3, 0.4) is 0 Å². The smallest absolute Gasteiger partial charge is 0.226 e. The van der Waals surface area contributed by atoms with Crippen LogP contribution in [-0.2, 0) is 9.53 Å². The number of aryl methyl sites for hydroxylation is 1. The Bertz CT molecular complexity index is 510. The molecule has 1 aromatic rings. The van der Waals surface area contributed by atoms with Gasteiger partial charge in [-0.3, -0.25) is 4.79 Å². The van der Waals surface area contributed by atoms with Crippen LogP contribution in [0.1, 0.15) is 42.9 Å². The van der Waals surface area contributed by atoms with Crippen LogP contribution in [0, 0.1) is 18.8 Å². The molecule has 1 aliphatic carbocycles. The molecule has 2 fully saturated rings. The molecular weight excluding hydrogens is 276 g/mol. The molecule has 1 saturated heterocycles. The van der Waals surface area contributed by atoms with Crippen molar-refractivity contribution in [3.8, 4) is 0 Å². The van der Waals surface area contributed by atoms with Gasteiger partial charge in [0.05, 0.1) is 12.0 Å². The van der Waals surface area contributed by atoms with Crippen LogP contribution in [-0.4, -0.2) is 25.1 Å². The Morgan fingerprint density at radius 3 is 2.73 bits per heavy atom. The van der Waals surface area contributed by atoms with E-state index in [1.165, 1.54) is 18.4 Å². The van der Waals surface area contributed by atoms with E-state index in [1.807, 2.05) is 0 Å². The number of nitrogens with two attached hydrogens (primary N) is 1. The quantitative estimate of drug-likeness (QED) is 0.877. The van der Waals surface area contributed by atoms with E-state index in [-0.39, 0.29) is 24.0 Å². The molecule has 4 heteroatoms. The number of benzene rings is 1. The van der Waals surface area contributed by atoms with Crippen LogP contribution in [0.4, 0.5) is 0 Å². The average Bonchev–Trinajstić information content (AvgIpc) is 3.38. The molecule has 3 unspecified atom stereocenters. The molecule has 1 heterocycles. The summed E-state index contributed by atoms with van der Waals surface area (Å²) in [5.41, 5.74) is 8.39. The molecular formula is C18H26N2O2. The standard InChI is InChI=1S/C18H26N2O2/c1-12-4-6-14(7-5-12)17-15(3-2-10-22-17)18(21)20-11-16(19)13-8-9-13/h4-7,13,15-17H,2-3,8-11,19H2,1H3,(H,20,21). The predicted octanol–water partition coefficient (Wildman–Crippen LogP) is 2.32. The maximum Gasteiger partial charge on any atom is 0.226 e. The topological polar surface area (TPSA) is 64.3 Å². The Morgan fingerprint density at radius 1 is 1.32 bits per heavy atom. The lowest BCUT2D eigenvalue weighted by Crippen LogP contribution is -2.43. The summed E-state index contributed by atoms with van der Waals surface area (Å²) in [5.74, 6) is 0.583. The van der Waals surface area contributed by atoms with E-state index < -0.39 is 0 Å². The van der Waals surface area contributed by atoms with E-state index in [0.29, 0.717) is 12.5 Å².